The Morgan fingerprint density at radius 3 is 2.30 bits per heavy atom. The number of carbonyl (C=O) groups excluding carboxylic acids is 2. The van der Waals surface area contributed by atoms with Gasteiger partial charge in [-0.1, -0.05) is 20.8 Å². The van der Waals surface area contributed by atoms with E-state index in [1.807, 2.05) is 10.8 Å². The van der Waals surface area contributed by atoms with E-state index in [0.29, 0.717) is 43.3 Å². The fourth-order valence-corrected chi connectivity index (χ4v) is 4.93. The number of halogens is 2. The van der Waals surface area contributed by atoms with Crippen LogP contribution in [0.1, 0.15) is 77.6 Å². The summed E-state index contributed by atoms with van der Waals surface area (Å²) in [5.74, 6) is -1.04. The number of fused-ring (bicyclic) bond motifs is 1. The van der Waals surface area contributed by atoms with E-state index in [0.717, 1.165) is 37.5 Å². The van der Waals surface area contributed by atoms with Crippen molar-refractivity contribution < 1.29 is 18.4 Å². The van der Waals surface area contributed by atoms with E-state index in [4.69, 9.17) is 0 Å². The molecule has 0 radical (unpaired) electrons. The molecule has 204 valence electrons. The minimum atomic E-state index is -0.997. The molecule has 1 aliphatic heterocycles. The number of anilines is 1. The van der Waals surface area contributed by atoms with E-state index in [9.17, 15) is 18.4 Å². The summed E-state index contributed by atoms with van der Waals surface area (Å²) in [4.78, 5) is 36.4. The standard InChI is InChI=1S/C28H41F2N5O2/c1-6-26(36)35-14-8-12-32(21(4)5)11-7-13-34(19-22-17-23(29)24(30)18-25(22)35)27(37)9-15-33-16-10-31-28(33)20(2)3/h10,16-18,20-21H,6-9,11-15,19H2,1-5H3. The Balaban J connectivity index is 1.93. The van der Waals surface area contributed by atoms with E-state index in [2.05, 4.69) is 37.6 Å². The van der Waals surface area contributed by atoms with Gasteiger partial charge in [-0.15, -0.1) is 0 Å². The second kappa shape index (κ2) is 13.1. The number of hydrogen-bond donors (Lipinski definition) is 0. The van der Waals surface area contributed by atoms with Crippen LogP contribution in [0.25, 0.3) is 0 Å². The lowest BCUT2D eigenvalue weighted by Gasteiger charge is -2.33. The monoisotopic (exact) mass is 517 g/mol. The van der Waals surface area contributed by atoms with E-state index < -0.39 is 11.6 Å². The highest BCUT2D eigenvalue weighted by atomic mass is 19.2. The highest BCUT2D eigenvalue weighted by Gasteiger charge is 2.25. The summed E-state index contributed by atoms with van der Waals surface area (Å²) in [6.07, 6.45) is 5.61. The van der Waals surface area contributed by atoms with Gasteiger partial charge in [0.25, 0.3) is 0 Å². The van der Waals surface area contributed by atoms with Crippen LogP contribution in [0.15, 0.2) is 24.5 Å². The van der Waals surface area contributed by atoms with Crippen LogP contribution >= 0.6 is 0 Å². The van der Waals surface area contributed by atoms with Crippen LogP contribution in [0, 0.1) is 11.6 Å². The first-order valence-electron chi connectivity index (χ1n) is 13.4. The smallest absolute Gasteiger partial charge is 0.226 e. The highest BCUT2D eigenvalue weighted by molar-refractivity contribution is 5.94. The molecule has 1 aliphatic rings. The topological polar surface area (TPSA) is 61.7 Å². The number of benzene rings is 1. The van der Waals surface area contributed by atoms with Crippen LogP contribution in [0.2, 0.25) is 0 Å². The number of aromatic nitrogens is 2. The van der Waals surface area contributed by atoms with Gasteiger partial charge in [0.15, 0.2) is 11.6 Å². The molecule has 0 fully saturated rings. The van der Waals surface area contributed by atoms with Crippen molar-refractivity contribution in [3.63, 3.8) is 0 Å². The average Bonchev–Trinajstić information content (AvgIpc) is 3.33. The Labute approximate surface area is 219 Å². The first-order chi connectivity index (χ1) is 17.6. The molecule has 7 nitrogen and oxygen atoms in total. The molecule has 2 heterocycles. The van der Waals surface area contributed by atoms with Gasteiger partial charge in [-0.3, -0.25) is 9.59 Å². The van der Waals surface area contributed by atoms with Crippen LogP contribution in [0.5, 0.6) is 0 Å². The molecule has 2 aromatic rings. The summed E-state index contributed by atoms with van der Waals surface area (Å²) >= 11 is 0. The zero-order chi connectivity index (χ0) is 27.1. The third kappa shape index (κ3) is 7.37. The normalized spacial score (nSPS) is 16.0. The number of aryl methyl sites for hydroxylation is 1. The molecule has 9 heteroatoms. The molecule has 1 aromatic carbocycles. The minimum absolute atomic E-state index is 0.0689. The van der Waals surface area contributed by atoms with Crippen LogP contribution in [0.3, 0.4) is 0 Å². The third-order valence-electron chi connectivity index (χ3n) is 6.99. The summed E-state index contributed by atoms with van der Waals surface area (Å²) in [5, 5.41) is 0. The lowest BCUT2D eigenvalue weighted by Crippen LogP contribution is -2.40. The van der Waals surface area contributed by atoms with Crippen molar-refractivity contribution in [3.8, 4) is 0 Å². The van der Waals surface area contributed by atoms with Gasteiger partial charge < -0.3 is 19.3 Å². The Hall–Kier alpha value is -2.81. The van der Waals surface area contributed by atoms with Crippen molar-refractivity contribution in [1.29, 1.82) is 0 Å². The molecular weight excluding hydrogens is 476 g/mol. The molecule has 37 heavy (non-hydrogen) atoms. The summed E-state index contributed by atoms with van der Waals surface area (Å²) < 4.78 is 30.8. The van der Waals surface area contributed by atoms with Crippen LogP contribution in [-0.2, 0) is 22.7 Å². The summed E-state index contributed by atoms with van der Waals surface area (Å²) in [7, 11) is 0. The van der Waals surface area contributed by atoms with Crippen molar-refractivity contribution in [2.24, 2.45) is 0 Å². The van der Waals surface area contributed by atoms with Crippen molar-refractivity contribution in [3.05, 3.63) is 47.5 Å². The lowest BCUT2D eigenvalue weighted by molar-refractivity contribution is -0.132. The van der Waals surface area contributed by atoms with E-state index >= 15 is 0 Å². The first kappa shape index (κ1) is 28.8. The summed E-state index contributed by atoms with van der Waals surface area (Å²) in [6.45, 7) is 13.2. The van der Waals surface area contributed by atoms with Gasteiger partial charge in [0.2, 0.25) is 11.8 Å². The second-order valence-electron chi connectivity index (χ2n) is 10.3. The molecular formula is C28H41F2N5O2. The third-order valence-corrected chi connectivity index (χ3v) is 6.99. The van der Waals surface area contributed by atoms with Gasteiger partial charge in [0.1, 0.15) is 5.82 Å². The Morgan fingerprint density at radius 2 is 1.65 bits per heavy atom. The van der Waals surface area contributed by atoms with Crippen molar-refractivity contribution in [2.75, 3.05) is 31.1 Å². The quantitative estimate of drug-likeness (QED) is 0.544. The Bertz CT molecular complexity index is 1070. The number of rotatable bonds is 6. The maximum atomic E-state index is 14.4. The zero-order valence-electron chi connectivity index (χ0n) is 22.8. The molecule has 0 saturated heterocycles. The molecule has 2 amide bonds. The fourth-order valence-electron chi connectivity index (χ4n) is 4.93. The maximum absolute atomic E-state index is 14.4. The van der Waals surface area contributed by atoms with Gasteiger partial charge in [-0.25, -0.2) is 13.8 Å². The predicted octanol–water partition coefficient (Wildman–Crippen LogP) is 4.95. The van der Waals surface area contributed by atoms with Gasteiger partial charge in [0, 0.05) is 82.5 Å². The molecule has 0 bridgehead atoms. The molecule has 0 unspecified atom stereocenters. The summed E-state index contributed by atoms with van der Waals surface area (Å²) in [5.41, 5.74) is 0.790. The average molecular weight is 518 g/mol. The Kier molecular flexibility index (Phi) is 10.2. The SMILES string of the molecule is CCC(=O)N1CCCN(C(C)C)CCCN(C(=O)CCn2ccnc2C(C)C)Cc2cc(F)c(F)cc21. The fraction of sp³-hybridized carbons (Fsp3) is 0.607. The summed E-state index contributed by atoms with van der Waals surface area (Å²) in [6, 6.07) is 2.56. The second-order valence-corrected chi connectivity index (χ2v) is 10.3. The van der Waals surface area contributed by atoms with Gasteiger partial charge in [0.05, 0.1) is 5.69 Å². The highest BCUT2D eigenvalue weighted by Crippen LogP contribution is 2.28. The largest absolute Gasteiger partial charge is 0.338 e. The van der Waals surface area contributed by atoms with Crippen molar-refractivity contribution in [1.82, 2.24) is 19.4 Å². The first-order valence-corrected chi connectivity index (χ1v) is 13.4. The predicted molar refractivity (Wildman–Crippen MR) is 141 cm³/mol. The van der Waals surface area contributed by atoms with Crippen LogP contribution in [-0.4, -0.2) is 63.4 Å². The van der Waals surface area contributed by atoms with Gasteiger partial charge >= 0.3 is 0 Å². The van der Waals surface area contributed by atoms with E-state index in [-0.39, 0.29) is 37.1 Å². The van der Waals surface area contributed by atoms with E-state index in [1.54, 1.807) is 22.9 Å². The number of imidazole rings is 1. The van der Waals surface area contributed by atoms with Gasteiger partial charge in [-0.2, -0.15) is 0 Å². The van der Waals surface area contributed by atoms with Crippen LogP contribution in [0.4, 0.5) is 14.5 Å². The Morgan fingerprint density at radius 1 is 0.973 bits per heavy atom. The molecule has 0 aliphatic carbocycles. The lowest BCUT2D eigenvalue weighted by atomic mass is 10.1. The number of amides is 2. The molecule has 1 aromatic heterocycles. The molecule has 0 spiro atoms. The molecule has 0 saturated carbocycles. The maximum Gasteiger partial charge on any atom is 0.226 e. The number of carbonyl (C=O) groups is 2. The molecule has 0 N–H and O–H groups in total. The molecule has 0 atom stereocenters. The van der Waals surface area contributed by atoms with E-state index in [1.165, 1.54) is 0 Å². The van der Waals surface area contributed by atoms with Gasteiger partial charge in [-0.05, 0) is 38.3 Å². The minimum Gasteiger partial charge on any atom is -0.338 e. The van der Waals surface area contributed by atoms with Crippen molar-refractivity contribution in [2.45, 2.75) is 85.4 Å². The number of hydrogen-bond acceptors (Lipinski definition) is 4. The van der Waals surface area contributed by atoms with Crippen molar-refractivity contribution >= 4 is 17.5 Å². The zero-order valence-corrected chi connectivity index (χ0v) is 22.8. The molecule has 3 rings (SSSR count). The van der Waals surface area contributed by atoms with Crippen LogP contribution < -0.4 is 4.90 Å². The number of nitrogens with zero attached hydrogens (tertiary/aromatic N) is 5.